The van der Waals surface area contributed by atoms with Crippen molar-refractivity contribution in [2.75, 3.05) is 0 Å². The summed E-state index contributed by atoms with van der Waals surface area (Å²) >= 11 is 0. The molecule has 0 spiro atoms. The summed E-state index contributed by atoms with van der Waals surface area (Å²) in [7, 11) is -10.7. The molecule has 31 heavy (non-hydrogen) atoms. The summed E-state index contributed by atoms with van der Waals surface area (Å²) in [6.07, 6.45) is 10.8. The van der Waals surface area contributed by atoms with Crippen molar-refractivity contribution in [2.45, 2.75) is 13.8 Å². The normalized spacial score (nSPS) is 15.0. The second kappa shape index (κ2) is 9.07. The molecular formula is C20H17F6FeO3P-. The number of rotatable bonds is 1. The van der Waals surface area contributed by atoms with Crippen LogP contribution >= 0.6 is 7.81 Å². The Balaban J connectivity index is 0.000000307. The topological polar surface area (TPSA) is 35.5 Å². The van der Waals surface area contributed by atoms with E-state index in [1.165, 1.54) is 0 Å². The van der Waals surface area contributed by atoms with Crippen LogP contribution in [0.5, 0.6) is 23.0 Å². The van der Waals surface area contributed by atoms with Crippen molar-refractivity contribution in [3.63, 3.8) is 0 Å². The second-order valence-electron chi connectivity index (χ2n) is 6.25. The second-order valence-corrected chi connectivity index (χ2v) is 8.17. The number of allylic oxidation sites excluding steroid dienone is 4. The number of hydrogen-bond acceptors (Lipinski definition) is 3. The van der Waals surface area contributed by atoms with Gasteiger partial charge >= 0.3 is 33.0 Å². The number of fused-ring (bicyclic) bond motifs is 2. The van der Waals surface area contributed by atoms with Gasteiger partial charge in [-0.3, -0.25) is 4.79 Å². The Morgan fingerprint density at radius 2 is 1.32 bits per heavy atom. The minimum absolute atomic E-state index is 0. The molecule has 0 atom stereocenters. The molecule has 0 unspecified atom stereocenters. The van der Waals surface area contributed by atoms with E-state index in [0.29, 0.717) is 28.6 Å². The molecule has 0 bridgehead atoms. The average Bonchev–Trinajstić information content (AvgIpc) is 3.20. The number of aryl methyl sites for hydroxylation is 1. The molecule has 0 saturated carbocycles. The first kappa shape index (κ1) is 26.8. The van der Waals surface area contributed by atoms with Gasteiger partial charge in [0.05, 0.1) is 5.56 Å². The number of benzene rings is 2. The molecular weight excluding hydrogens is 489 g/mol. The zero-order valence-electron chi connectivity index (χ0n) is 16.1. The van der Waals surface area contributed by atoms with Crippen molar-refractivity contribution in [1.82, 2.24) is 0 Å². The maximum absolute atomic E-state index is 11.0. The molecule has 0 N–H and O–H groups in total. The monoisotopic (exact) mass is 506 g/mol. The molecule has 4 rings (SSSR count). The maximum Gasteiger partial charge on any atom is 0.00506 e. The van der Waals surface area contributed by atoms with E-state index < -0.39 is 7.81 Å². The fraction of sp³-hybridized carbons (Fsp3) is 0.100. The predicted molar refractivity (Wildman–Crippen MR) is 104 cm³/mol. The summed E-state index contributed by atoms with van der Waals surface area (Å²) in [5.41, 5.74) is 2.65. The molecule has 2 aromatic rings. The summed E-state index contributed by atoms with van der Waals surface area (Å²) in [5, 5.41) is 0. The zero-order chi connectivity index (χ0) is 22.6. The number of carbonyl (C=O) groups excluding carboxylic acids is 1. The van der Waals surface area contributed by atoms with Gasteiger partial charge in [0.1, 0.15) is 0 Å². The third kappa shape index (κ3) is 9.59. The van der Waals surface area contributed by atoms with Crippen LogP contribution in [-0.4, -0.2) is 6.29 Å². The van der Waals surface area contributed by atoms with Crippen LogP contribution in [0.25, 0.3) is 0 Å². The van der Waals surface area contributed by atoms with E-state index in [4.69, 9.17) is 9.47 Å². The molecule has 2 aromatic carbocycles. The largest absolute Gasteiger partial charge is 0.0767 e. The molecule has 0 aromatic heterocycles. The van der Waals surface area contributed by atoms with Crippen LogP contribution in [0.1, 0.15) is 21.5 Å². The molecule has 1 aliphatic carbocycles. The van der Waals surface area contributed by atoms with Gasteiger partial charge in [-0.15, -0.1) is 0 Å². The van der Waals surface area contributed by atoms with E-state index in [1.54, 1.807) is 18.2 Å². The Morgan fingerprint density at radius 1 is 0.774 bits per heavy atom. The van der Waals surface area contributed by atoms with Crippen molar-refractivity contribution in [3.05, 3.63) is 77.7 Å². The van der Waals surface area contributed by atoms with Gasteiger partial charge in [-0.1, -0.05) is 36.4 Å². The van der Waals surface area contributed by atoms with Crippen LogP contribution in [0.3, 0.4) is 0 Å². The maximum atomic E-state index is 11.0. The van der Waals surface area contributed by atoms with Gasteiger partial charge in [-0.05, 0) is 43.2 Å². The number of ether oxygens (including phenoxy) is 2. The molecule has 3 nitrogen and oxygen atoms in total. The first-order chi connectivity index (χ1) is 13.7. The molecule has 0 fully saturated rings. The van der Waals surface area contributed by atoms with Gasteiger partial charge in [0.15, 0.2) is 29.3 Å². The van der Waals surface area contributed by atoms with Crippen molar-refractivity contribution >= 4 is 14.1 Å². The van der Waals surface area contributed by atoms with Crippen LogP contribution in [-0.2, 0) is 17.1 Å². The van der Waals surface area contributed by atoms with Crippen LogP contribution in [0.15, 0.2) is 54.6 Å². The smallest absolute Gasteiger partial charge is 0.00506 e. The Kier molecular flexibility index (Phi) is 7.82. The molecule has 0 amide bonds. The predicted octanol–water partition coefficient (Wildman–Crippen LogP) is 8.71. The third-order valence-electron chi connectivity index (χ3n) is 3.76. The summed E-state index contributed by atoms with van der Waals surface area (Å²) < 4.78 is 70.8. The minimum Gasteiger partial charge on any atom is -0.0767 e. The number of aldehydes is 1. The van der Waals surface area contributed by atoms with Gasteiger partial charge in [-0.25, -0.2) is 0 Å². The van der Waals surface area contributed by atoms with Crippen molar-refractivity contribution in [1.29, 1.82) is 0 Å². The molecule has 11 heteroatoms. The summed E-state index contributed by atoms with van der Waals surface area (Å²) in [4.78, 5) is 11.0. The Labute approximate surface area is 185 Å². The van der Waals surface area contributed by atoms with Crippen LogP contribution < -0.4 is 9.47 Å². The SMILES string of the molecule is Cc1ccc2c(c1C)Oc1c(C=O)cccc1O2.F[P-](F)(F)(F)(F)F.[CH]1C=CC=C1.[Fe]. The van der Waals surface area contributed by atoms with Gasteiger partial charge < -0.3 is 9.47 Å². The van der Waals surface area contributed by atoms with Gasteiger partial charge in [0, 0.05) is 23.5 Å². The molecule has 2 aliphatic rings. The van der Waals surface area contributed by atoms with Crippen LogP contribution in [0.4, 0.5) is 25.2 Å². The van der Waals surface area contributed by atoms with Crippen LogP contribution in [0, 0.1) is 20.3 Å². The average molecular weight is 506 g/mol. The molecule has 1 heterocycles. The quantitative estimate of drug-likeness (QED) is 0.143. The van der Waals surface area contributed by atoms with E-state index in [9.17, 15) is 30.0 Å². The molecule has 171 valence electrons. The third-order valence-corrected chi connectivity index (χ3v) is 3.76. The van der Waals surface area contributed by atoms with Crippen molar-refractivity contribution in [3.8, 4) is 23.0 Å². The first-order valence-electron chi connectivity index (χ1n) is 8.43. The van der Waals surface area contributed by atoms with E-state index in [1.807, 2.05) is 56.7 Å². The van der Waals surface area contributed by atoms with Gasteiger partial charge in [0.25, 0.3) is 0 Å². The van der Waals surface area contributed by atoms with Gasteiger partial charge in [0.2, 0.25) is 0 Å². The molecule has 0 saturated heterocycles. The van der Waals surface area contributed by atoms with Crippen molar-refractivity contribution in [2.24, 2.45) is 0 Å². The Morgan fingerprint density at radius 3 is 1.81 bits per heavy atom. The van der Waals surface area contributed by atoms with E-state index in [2.05, 4.69) is 0 Å². The summed E-state index contributed by atoms with van der Waals surface area (Å²) in [5.74, 6) is 2.45. The van der Waals surface area contributed by atoms with E-state index >= 15 is 0 Å². The van der Waals surface area contributed by atoms with Crippen LogP contribution in [0.2, 0.25) is 0 Å². The van der Waals surface area contributed by atoms with E-state index in [0.717, 1.165) is 17.4 Å². The standard InChI is InChI=1S/C15H12O3.C5H5.F6P.Fe/c1-9-6-7-13-14(10(9)2)18-15-11(8-16)4-3-5-12(15)17-13;1-2-4-5-3-1;1-7(2,3,4,5)6;/h3-8H,1-2H3;1-5H;;/q;;-1;. The molecule has 1 radical (unpaired) electrons. The number of hydrogen-bond donors (Lipinski definition) is 0. The van der Waals surface area contributed by atoms with E-state index in [-0.39, 0.29) is 17.1 Å². The van der Waals surface area contributed by atoms with Crippen molar-refractivity contribution < 1.29 is 56.5 Å². The summed E-state index contributed by atoms with van der Waals surface area (Å²) in [6.45, 7) is 3.99. The zero-order valence-corrected chi connectivity index (χ0v) is 18.1. The Hall–Kier alpha value is -2.28. The Bertz CT molecular complexity index is 997. The summed E-state index contributed by atoms with van der Waals surface area (Å²) in [6, 6.07) is 9.16. The fourth-order valence-electron chi connectivity index (χ4n) is 2.33. The fourth-order valence-corrected chi connectivity index (χ4v) is 2.33. The number of carbonyl (C=O) groups is 1. The number of para-hydroxylation sites is 1. The first-order valence-corrected chi connectivity index (χ1v) is 10.5. The number of halogens is 6. The molecule has 1 aliphatic heterocycles. The minimum atomic E-state index is -10.7. The van der Waals surface area contributed by atoms with Gasteiger partial charge in [-0.2, -0.15) is 0 Å².